The fourth-order valence-corrected chi connectivity index (χ4v) is 2.97. The van der Waals surface area contributed by atoms with Gasteiger partial charge in [0.15, 0.2) is 5.82 Å². The molecule has 7 nitrogen and oxygen atoms in total. The SMILES string of the molecule is CC(C)(C)OC(=O)N1CCO[C@@H](c2ccc(Nc3nc(Cl)ncc3Cl)cc2)C1. The summed E-state index contributed by atoms with van der Waals surface area (Å²) in [6, 6.07) is 7.64. The Morgan fingerprint density at radius 3 is 2.68 bits per heavy atom. The predicted molar refractivity (Wildman–Crippen MR) is 108 cm³/mol. The zero-order chi connectivity index (χ0) is 20.3. The van der Waals surface area contributed by atoms with E-state index < -0.39 is 5.60 Å². The molecule has 2 aromatic rings. The van der Waals surface area contributed by atoms with Gasteiger partial charge in [0.25, 0.3) is 0 Å². The van der Waals surface area contributed by atoms with E-state index in [0.717, 1.165) is 11.3 Å². The van der Waals surface area contributed by atoms with E-state index in [2.05, 4.69) is 15.3 Å². The molecule has 1 amide bonds. The topological polar surface area (TPSA) is 76.6 Å². The van der Waals surface area contributed by atoms with Crippen LogP contribution >= 0.6 is 23.2 Å². The summed E-state index contributed by atoms with van der Waals surface area (Å²) in [4.78, 5) is 21.9. The second kappa shape index (κ2) is 8.51. The quantitative estimate of drug-likeness (QED) is 0.710. The van der Waals surface area contributed by atoms with Crippen molar-refractivity contribution in [3.05, 3.63) is 46.3 Å². The molecule has 0 bridgehead atoms. The first-order chi connectivity index (χ1) is 13.2. The number of amides is 1. The van der Waals surface area contributed by atoms with Crippen LogP contribution in [0.25, 0.3) is 0 Å². The minimum atomic E-state index is -0.524. The fraction of sp³-hybridized carbons (Fsp3) is 0.421. The molecule has 0 unspecified atom stereocenters. The van der Waals surface area contributed by atoms with Gasteiger partial charge < -0.3 is 19.7 Å². The van der Waals surface area contributed by atoms with Crippen molar-refractivity contribution in [2.24, 2.45) is 0 Å². The number of carbonyl (C=O) groups is 1. The number of ether oxygens (including phenoxy) is 2. The van der Waals surface area contributed by atoms with Crippen molar-refractivity contribution in [3.8, 4) is 0 Å². The smallest absolute Gasteiger partial charge is 0.410 e. The van der Waals surface area contributed by atoms with Gasteiger partial charge in [0, 0.05) is 12.2 Å². The van der Waals surface area contributed by atoms with Crippen LogP contribution in [0.1, 0.15) is 32.4 Å². The van der Waals surface area contributed by atoms with Crippen LogP contribution in [0, 0.1) is 0 Å². The average molecular weight is 425 g/mol. The highest BCUT2D eigenvalue weighted by Crippen LogP contribution is 2.27. The van der Waals surface area contributed by atoms with Crippen molar-refractivity contribution in [2.45, 2.75) is 32.5 Å². The molecule has 9 heteroatoms. The number of hydrogen-bond donors (Lipinski definition) is 1. The molecule has 0 radical (unpaired) electrons. The van der Waals surface area contributed by atoms with E-state index in [0.29, 0.717) is 30.5 Å². The number of halogens is 2. The van der Waals surface area contributed by atoms with Gasteiger partial charge in [0.1, 0.15) is 16.7 Å². The first kappa shape index (κ1) is 20.6. The average Bonchev–Trinajstić information content (AvgIpc) is 2.64. The molecular formula is C19H22Cl2N4O3. The number of benzene rings is 1. The summed E-state index contributed by atoms with van der Waals surface area (Å²) in [6.45, 7) is 6.97. The molecule has 1 aromatic heterocycles. The lowest BCUT2D eigenvalue weighted by Crippen LogP contribution is -2.44. The zero-order valence-corrected chi connectivity index (χ0v) is 17.4. The van der Waals surface area contributed by atoms with Gasteiger partial charge in [0.2, 0.25) is 5.28 Å². The number of nitrogens with one attached hydrogen (secondary N) is 1. The summed E-state index contributed by atoms with van der Waals surface area (Å²) in [5.74, 6) is 0.430. The molecular weight excluding hydrogens is 403 g/mol. The van der Waals surface area contributed by atoms with E-state index in [4.69, 9.17) is 32.7 Å². The second-order valence-corrected chi connectivity index (χ2v) is 8.11. The van der Waals surface area contributed by atoms with Gasteiger partial charge in [-0.1, -0.05) is 23.7 Å². The highest BCUT2D eigenvalue weighted by atomic mass is 35.5. The molecule has 2 heterocycles. The second-order valence-electron chi connectivity index (χ2n) is 7.37. The molecule has 0 aliphatic carbocycles. The maximum Gasteiger partial charge on any atom is 0.410 e. The number of anilines is 2. The normalized spacial score (nSPS) is 17.3. The molecule has 1 N–H and O–H groups in total. The van der Waals surface area contributed by atoms with Gasteiger partial charge in [0.05, 0.1) is 19.3 Å². The van der Waals surface area contributed by atoms with Crippen LogP contribution in [-0.4, -0.2) is 46.3 Å². The molecule has 1 atom stereocenters. The lowest BCUT2D eigenvalue weighted by molar-refractivity contribution is -0.0432. The molecule has 0 spiro atoms. The van der Waals surface area contributed by atoms with E-state index in [9.17, 15) is 4.79 Å². The lowest BCUT2D eigenvalue weighted by Gasteiger charge is -2.34. The van der Waals surface area contributed by atoms with Crippen LogP contribution in [0.2, 0.25) is 10.3 Å². The minimum absolute atomic E-state index is 0.112. The molecule has 3 rings (SSSR count). The third-order valence-corrected chi connectivity index (χ3v) is 4.44. The van der Waals surface area contributed by atoms with Crippen molar-refractivity contribution in [1.29, 1.82) is 0 Å². The summed E-state index contributed by atoms with van der Waals surface area (Å²) < 4.78 is 11.3. The van der Waals surface area contributed by atoms with Crippen LogP contribution in [0.3, 0.4) is 0 Å². The molecule has 1 fully saturated rings. The Morgan fingerprint density at radius 2 is 2.00 bits per heavy atom. The van der Waals surface area contributed by atoms with Crippen LogP contribution in [-0.2, 0) is 9.47 Å². The third kappa shape index (κ3) is 5.47. The standard InChI is InChI=1S/C19H22Cl2N4O3/c1-19(2,3)28-18(26)25-8-9-27-15(11-25)12-4-6-13(7-5-12)23-16-14(20)10-22-17(21)24-16/h4-7,10,15H,8-9,11H2,1-3H3,(H,22,23,24)/t15-/m1/s1. The molecule has 1 aromatic carbocycles. The third-order valence-electron chi connectivity index (χ3n) is 3.98. The number of morpholine rings is 1. The molecule has 150 valence electrons. The minimum Gasteiger partial charge on any atom is -0.444 e. The summed E-state index contributed by atoms with van der Waals surface area (Å²) in [6.07, 6.45) is 0.899. The monoisotopic (exact) mass is 424 g/mol. The summed E-state index contributed by atoms with van der Waals surface area (Å²) >= 11 is 11.9. The first-order valence-corrected chi connectivity index (χ1v) is 9.61. The van der Waals surface area contributed by atoms with Gasteiger partial charge in [-0.25, -0.2) is 9.78 Å². The van der Waals surface area contributed by atoms with Crippen LogP contribution < -0.4 is 5.32 Å². The summed E-state index contributed by atoms with van der Waals surface area (Å²) in [5, 5.41) is 3.59. The van der Waals surface area contributed by atoms with Gasteiger partial charge in [-0.05, 0) is 50.1 Å². The largest absolute Gasteiger partial charge is 0.444 e. The Labute approximate surface area is 174 Å². The zero-order valence-electron chi connectivity index (χ0n) is 15.9. The predicted octanol–water partition coefficient (Wildman–Crippen LogP) is 4.84. The maximum atomic E-state index is 12.3. The van der Waals surface area contributed by atoms with Gasteiger partial charge >= 0.3 is 6.09 Å². The summed E-state index contributed by atoms with van der Waals surface area (Å²) in [7, 11) is 0. The van der Waals surface area contributed by atoms with Crippen molar-refractivity contribution in [2.75, 3.05) is 25.0 Å². The fourth-order valence-electron chi connectivity index (χ4n) is 2.69. The van der Waals surface area contributed by atoms with Crippen LogP contribution in [0.4, 0.5) is 16.3 Å². The molecule has 0 saturated carbocycles. The molecule has 28 heavy (non-hydrogen) atoms. The van der Waals surface area contributed by atoms with Crippen molar-refractivity contribution in [1.82, 2.24) is 14.9 Å². The number of nitrogens with zero attached hydrogens (tertiary/aromatic N) is 3. The van der Waals surface area contributed by atoms with Crippen LogP contribution in [0.5, 0.6) is 0 Å². The molecule has 1 saturated heterocycles. The number of hydrogen-bond acceptors (Lipinski definition) is 6. The maximum absolute atomic E-state index is 12.3. The van der Waals surface area contributed by atoms with Crippen molar-refractivity contribution < 1.29 is 14.3 Å². The van der Waals surface area contributed by atoms with Gasteiger partial charge in [-0.3, -0.25) is 0 Å². The Balaban J connectivity index is 1.66. The van der Waals surface area contributed by atoms with E-state index in [-0.39, 0.29) is 17.5 Å². The van der Waals surface area contributed by atoms with E-state index >= 15 is 0 Å². The van der Waals surface area contributed by atoms with Crippen molar-refractivity contribution in [3.63, 3.8) is 0 Å². The summed E-state index contributed by atoms with van der Waals surface area (Å²) in [5.41, 5.74) is 1.23. The van der Waals surface area contributed by atoms with E-state index in [1.165, 1.54) is 6.20 Å². The van der Waals surface area contributed by atoms with Crippen LogP contribution in [0.15, 0.2) is 30.5 Å². The lowest BCUT2D eigenvalue weighted by atomic mass is 10.1. The number of carbonyl (C=O) groups excluding carboxylic acids is 1. The van der Waals surface area contributed by atoms with Gasteiger partial charge in [-0.15, -0.1) is 0 Å². The number of rotatable bonds is 3. The Bertz CT molecular complexity index is 840. The Hall–Kier alpha value is -2.09. The highest BCUT2D eigenvalue weighted by Gasteiger charge is 2.28. The van der Waals surface area contributed by atoms with E-state index in [1.54, 1.807) is 4.90 Å². The van der Waals surface area contributed by atoms with Gasteiger partial charge in [-0.2, -0.15) is 4.98 Å². The van der Waals surface area contributed by atoms with E-state index in [1.807, 2.05) is 45.0 Å². The Kier molecular flexibility index (Phi) is 6.27. The number of aromatic nitrogens is 2. The highest BCUT2D eigenvalue weighted by molar-refractivity contribution is 6.33. The molecule has 1 aliphatic heterocycles. The van der Waals surface area contributed by atoms with Crippen molar-refractivity contribution >= 4 is 40.8 Å². The first-order valence-electron chi connectivity index (χ1n) is 8.86. The Morgan fingerprint density at radius 1 is 1.29 bits per heavy atom. The molecule has 1 aliphatic rings.